The number of aryl methyl sites for hydroxylation is 1. The summed E-state index contributed by atoms with van der Waals surface area (Å²) in [4.78, 5) is 0. The van der Waals surface area contributed by atoms with Gasteiger partial charge in [-0.3, -0.25) is 0 Å². The summed E-state index contributed by atoms with van der Waals surface area (Å²) in [5.74, 6) is -0.121. The molecule has 106 valence electrons. The molecular weight excluding hydrogens is 293 g/mol. The molecule has 7 heteroatoms. The van der Waals surface area contributed by atoms with E-state index in [0.29, 0.717) is 11.5 Å². The highest BCUT2D eigenvalue weighted by Gasteiger charge is 2.18. The number of tetrazole rings is 1. The molecule has 0 atom stereocenters. The van der Waals surface area contributed by atoms with Gasteiger partial charge in [-0.1, -0.05) is 23.7 Å². The summed E-state index contributed by atoms with van der Waals surface area (Å²) >= 11 is 6.07. The van der Waals surface area contributed by atoms with Crippen LogP contribution in [0.2, 0.25) is 5.02 Å². The molecule has 0 saturated carbocycles. The Morgan fingerprint density at radius 3 is 2.81 bits per heavy atom. The molecule has 0 radical (unpaired) electrons. The fourth-order valence-corrected chi connectivity index (χ4v) is 2.32. The van der Waals surface area contributed by atoms with E-state index in [0.717, 1.165) is 11.1 Å². The van der Waals surface area contributed by atoms with Gasteiger partial charge in [-0.15, -0.1) is 5.10 Å². The number of hydrogen-bond donors (Lipinski definition) is 1. The Bertz CT molecular complexity index is 795. The second-order valence-corrected chi connectivity index (χ2v) is 4.97. The third-order valence-corrected chi connectivity index (χ3v) is 3.43. The van der Waals surface area contributed by atoms with E-state index in [2.05, 4.69) is 15.5 Å². The molecule has 0 saturated heterocycles. The number of benzene rings is 2. The summed E-state index contributed by atoms with van der Waals surface area (Å²) in [5, 5.41) is 11.7. The van der Waals surface area contributed by atoms with Crippen molar-refractivity contribution in [2.75, 3.05) is 5.73 Å². The molecule has 0 spiro atoms. The number of halogens is 2. The summed E-state index contributed by atoms with van der Waals surface area (Å²) in [7, 11) is 0. The predicted octanol–water partition coefficient (Wildman–Crippen LogP) is 3.01. The molecular formula is C14H11ClFN5. The van der Waals surface area contributed by atoms with Crippen molar-refractivity contribution >= 4 is 17.3 Å². The first-order chi connectivity index (χ1) is 10.1. The SMILES string of the molecule is Cc1ccc(N)cc1-c1nnnn1-c1c(F)cccc1Cl. The second kappa shape index (κ2) is 5.14. The Balaban J connectivity index is 2.25. The molecule has 0 aliphatic carbocycles. The molecule has 5 nitrogen and oxygen atoms in total. The van der Waals surface area contributed by atoms with Crippen molar-refractivity contribution in [2.45, 2.75) is 6.92 Å². The van der Waals surface area contributed by atoms with Crippen molar-refractivity contribution in [3.05, 3.63) is 52.8 Å². The molecule has 0 amide bonds. The molecule has 2 aromatic carbocycles. The lowest BCUT2D eigenvalue weighted by Gasteiger charge is -2.10. The minimum absolute atomic E-state index is 0.112. The third-order valence-electron chi connectivity index (χ3n) is 3.12. The zero-order valence-corrected chi connectivity index (χ0v) is 11.8. The van der Waals surface area contributed by atoms with Gasteiger partial charge in [0, 0.05) is 11.3 Å². The highest BCUT2D eigenvalue weighted by Crippen LogP contribution is 2.29. The summed E-state index contributed by atoms with van der Waals surface area (Å²) < 4.78 is 15.3. The van der Waals surface area contributed by atoms with E-state index >= 15 is 0 Å². The molecule has 0 unspecified atom stereocenters. The first-order valence-corrected chi connectivity index (χ1v) is 6.55. The average molecular weight is 304 g/mol. The molecule has 21 heavy (non-hydrogen) atoms. The van der Waals surface area contributed by atoms with Crippen LogP contribution in [-0.2, 0) is 0 Å². The Kier molecular flexibility index (Phi) is 3.31. The third kappa shape index (κ3) is 2.34. The standard InChI is InChI=1S/C14H11ClFN5/c1-8-5-6-9(17)7-10(8)14-18-19-20-21(14)13-11(15)3-2-4-12(13)16/h2-7H,17H2,1H3. The summed E-state index contributed by atoms with van der Waals surface area (Å²) in [6.45, 7) is 1.90. The van der Waals surface area contributed by atoms with Crippen molar-refractivity contribution in [2.24, 2.45) is 0 Å². The van der Waals surface area contributed by atoms with Crippen LogP contribution < -0.4 is 5.73 Å². The highest BCUT2D eigenvalue weighted by molar-refractivity contribution is 6.32. The van der Waals surface area contributed by atoms with Crippen LogP contribution in [0, 0.1) is 12.7 Å². The molecule has 2 N–H and O–H groups in total. The topological polar surface area (TPSA) is 69.6 Å². The molecule has 0 aliphatic rings. The van der Waals surface area contributed by atoms with Crippen LogP contribution in [0.25, 0.3) is 17.1 Å². The van der Waals surface area contributed by atoms with Crippen molar-refractivity contribution in [1.82, 2.24) is 20.2 Å². The van der Waals surface area contributed by atoms with E-state index in [1.165, 1.54) is 16.8 Å². The molecule has 1 heterocycles. The van der Waals surface area contributed by atoms with Crippen LogP contribution >= 0.6 is 11.6 Å². The Morgan fingerprint density at radius 1 is 1.24 bits per heavy atom. The van der Waals surface area contributed by atoms with E-state index in [1.807, 2.05) is 13.0 Å². The number of aromatic nitrogens is 4. The number of rotatable bonds is 2. The zero-order valence-electron chi connectivity index (χ0n) is 11.1. The van der Waals surface area contributed by atoms with Gasteiger partial charge in [0.05, 0.1) is 5.02 Å². The van der Waals surface area contributed by atoms with Gasteiger partial charge >= 0.3 is 0 Å². The summed E-state index contributed by atoms with van der Waals surface area (Å²) in [5.41, 5.74) is 8.14. The van der Waals surface area contributed by atoms with Gasteiger partial charge in [0.15, 0.2) is 11.6 Å². The molecule has 0 fully saturated rings. The second-order valence-electron chi connectivity index (χ2n) is 4.56. The maximum Gasteiger partial charge on any atom is 0.187 e. The van der Waals surface area contributed by atoms with E-state index in [1.54, 1.807) is 18.2 Å². The van der Waals surface area contributed by atoms with Crippen LogP contribution in [0.4, 0.5) is 10.1 Å². The monoisotopic (exact) mass is 303 g/mol. The van der Waals surface area contributed by atoms with Crippen LogP contribution in [0.3, 0.4) is 0 Å². The van der Waals surface area contributed by atoms with Gasteiger partial charge in [0.25, 0.3) is 0 Å². The molecule has 0 aliphatic heterocycles. The number of para-hydroxylation sites is 1. The van der Waals surface area contributed by atoms with Crippen LogP contribution in [0.5, 0.6) is 0 Å². The normalized spacial score (nSPS) is 10.8. The van der Waals surface area contributed by atoms with Crippen molar-refractivity contribution in [1.29, 1.82) is 0 Å². The number of hydrogen-bond acceptors (Lipinski definition) is 4. The lowest BCUT2D eigenvalue weighted by Crippen LogP contribution is -2.04. The number of nitrogens with two attached hydrogens (primary N) is 1. The maximum atomic E-state index is 14.1. The van der Waals surface area contributed by atoms with E-state index in [-0.39, 0.29) is 10.7 Å². The lowest BCUT2D eigenvalue weighted by molar-refractivity contribution is 0.608. The average Bonchev–Trinajstić information content (AvgIpc) is 2.90. The minimum Gasteiger partial charge on any atom is -0.399 e. The first-order valence-electron chi connectivity index (χ1n) is 6.17. The fourth-order valence-electron chi connectivity index (χ4n) is 2.08. The molecule has 3 aromatic rings. The Labute approximate surface area is 125 Å². The first kappa shape index (κ1) is 13.5. The van der Waals surface area contributed by atoms with Gasteiger partial charge in [-0.05, 0) is 47.2 Å². The lowest BCUT2D eigenvalue weighted by atomic mass is 10.1. The number of nitrogens with zero attached hydrogens (tertiary/aromatic N) is 4. The Morgan fingerprint density at radius 2 is 2.05 bits per heavy atom. The predicted molar refractivity (Wildman–Crippen MR) is 78.7 cm³/mol. The highest BCUT2D eigenvalue weighted by atomic mass is 35.5. The smallest absolute Gasteiger partial charge is 0.187 e. The van der Waals surface area contributed by atoms with Crippen molar-refractivity contribution in [3.63, 3.8) is 0 Å². The van der Waals surface area contributed by atoms with E-state index in [4.69, 9.17) is 17.3 Å². The van der Waals surface area contributed by atoms with Gasteiger partial charge in [-0.25, -0.2) is 4.39 Å². The fraction of sp³-hybridized carbons (Fsp3) is 0.0714. The van der Waals surface area contributed by atoms with Gasteiger partial charge in [0.2, 0.25) is 0 Å². The summed E-state index contributed by atoms with van der Waals surface area (Å²) in [6.07, 6.45) is 0. The van der Waals surface area contributed by atoms with Crippen LogP contribution in [-0.4, -0.2) is 20.2 Å². The van der Waals surface area contributed by atoms with Gasteiger partial charge < -0.3 is 5.73 Å². The molecule has 1 aromatic heterocycles. The van der Waals surface area contributed by atoms with E-state index < -0.39 is 5.82 Å². The van der Waals surface area contributed by atoms with Gasteiger partial charge in [0.1, 0.15) is 5.69 Å². The number of nitrogen functional groups attached to an aromatic ring is 1. The van der Waals surface area contributed by atoms with Crippen molar-refractivity contribution in [3.8, 4) is 17.1 Å². The van der Waals surface area contributed by atoms with Crippen LogP contribution in [0.15, 0.2) is 36.4 Å². The molecule has 0 bridgehead atoms. The van der Waals surface area contributed by atoms with Crippen molar-refractivity contribution < 1.29 is 4.39 Å². The quantitative estimate of drug-likeness (QED) is 0.739. The van der Waals surface area contributed by atoms with Crippen LogP contribution in [0.1, 0.15) is 5.56 Å². The Hall–Kier alpha value is -2.47. The summed E-state index contributed by atoms with van der Waals surface area (Å²) in [6, 6.07) is 9.79. The van der Waals surface area contributed by atoms with E-state index in [9.17, 15) is 4.39 Å². The molecule has 3 rings (SSSR count). The largest absolute Gasteiger partial charge is 0.399 e. The maximum absolute atomic E-state index is 14.1. The minimum atomic E-state index is -0.502. The number of anilines is 1. The zero-order chi connectivity index (χ0) is 15.0. The van der Waals surface area contributed by atoms with Gasteiger partial charge in [-0.2, -0.15) is 4.68 Å².